The standard InChI is InChI=1S/4C2H3O2.Fe.2H2N/c4*1-2(3)4;;;/h4*1H2,(H,3,4);;2*1H2/q4*-1;+6;2*-1. The molecule has 0 aromatic rings. The Balaban J connectivity index is -0.0000000192. The Morgan fingerprint density at radius 1 is 0.526 bits per heavy atom. The van der Waals surface area contributed by atoms with E-state index in [-0.39, 0.29) is 29.4 Å². The zero-order chi connectivity index (χ0) is 14.3. The molecule has 0 fully saturated rings. The molecule has 19 heavy (non-hydrogen) atoms. The van der Waals surface area contributed by atoms with E-state index in [4.69, 9.17) is 39.6 Å². The van der Waals surface area contributed by atoms with Gasteiger partial charge in [0, 0.05) is 0 Å². The van der Waals surface area contributed by atoms with E-state index in [1.165, 1.54) is 0 Å². The Labute approximate surface area is 121 Å². The van der Waals surface area contributed by atoms with Gasteiger partial charge in [-0.1, -0.05) is 0 Å². The topological polar surface area (TPSA) is 216 Å². The van der Waals surface area contributed by atoms with Crippen LogP contribution in [0.25, 0.3) is 12.3 Å². The molecule has 0 saturated carbocycles. The van der Waals surface area contributed by atoms with Crippen molar-refractivity contribution in [3.8, 4) is 0 Å². The van der Waals surface area contributed by atoms with Crippen LogP contribution in [0.15, 0.2) is 0 Å². The van der Waals surface area contributed by atoms with Gasteiger partial charge < -0.3 is 32.7 Å². The summed E-state index contributed by atoms with van der Waals surface area (Å²) in [6, 6.07) is 0. The molecule has 0 rings (SSSR count). The van der Waals surface area contributed by atoms with Crippen molar-refractivity contribution in [2.45, 2.75) is 0 Å². The number of hydrogen-bond acceptors (Lipinski definition) is 4. The van der Waals surface area contributed by atoms with Crippen LogP contribution < -0.4 is 0 Å². The number of carboxylic acid groups (broad SMARTS) is 4. The van der Waals surface area contributed by atoms with Crippen molar-refractivity contribution in [2.75, 3.05) is 0 Å². The third-order valence-corrected chi connectivity index (χ3v) is 0. The maximum Gasteiger partial charge on any atom is 6.00 e. The summed E-state index contributed by atoms with van der Waals surface area (Å²) in [7, 11) is 0. The van der Waals surface area contributed by atoms with E-state index in [1.807, 2.05) is 0 Å². The van der Waals surface area contributed by atoms with Gasteiger partial charge in [0.2, 0.25) is 0 Å². The minimum absolute atomic E-state index is 0. The molecule has 10 nitrogen and oxygen atoms in total. The number of hydrogen-bond donors (Lipinski definition) is 4. The van der Waals surface area contributed by atoms with Crippen LogP contribution in [0.4, 0.5) is 0 Å². The predicted molar refractivity (Wildman–Crippen MR) is 62.5 cm³/mol. The van der Waals surface area contributed by atoms with Crippen LogP contribution in [0.3, 0.4) is 0 Å². The molecule has 0 aliphatic carbocycles. The molecule has 114 valence electrons. The van der Waals surface area contributed by atoms with E-state index in [2.05, 4.69) is 27.7 Å². The Morgan fingerprint density at radius 2 is 0.526 bits per heavy atom. The zero-order valence-electron chi connectivity index (χ0n) is 9.76. The first-order valence-corrected chi connectivity index (χ1v) is 3.13. The minimum atomic E-state index is -1.08. The number of carbonyl (C=O) groups is 4. The molecule has 0 bridgehead atoms. The molecule has 0 aliphatic rings. The quantitative estimate of drug-likeness (QED) is 0.372. The van der Waals surface area contributed by atoms with Gasteiger partial charge in [-0.25, -0.2) is 0 Å². The molecule has 0 saturated heterocycles. The molecule has 8 N–H and O–H groups in total. The van der Waals surface area contributed by atoms with E-state index < -0.39 is 23.9 Å². The first-order valence-electron chi connectivity index (χ1n) is 3.13. The van der Waals surface area contributed by atoms with Crippen molar-refractivity contribution in [2.24, 2.45) is 0 Å². The smallest absolute Gasteiger partial charge is 0.693 e. The largest absolute Gasteiger partial charge is 6.00 e. The SMILES string of the molecule is [CH2-]C(=O)O.[CH2-]C(=O)O.[CH2-]C(=O)O.[CH2-]C(=O)O.[Fe+6].[NH2-].[NH2-]. The van der Waals surface area contributed by atoms with Gasteiger partial charge in [-0.3, -0.25) is 46.9 Å². The fourth-order valence-corrected chi connectivity index (χ4v) is 0. The monoisotopic (exact) mass is 324 g/mol. The number of rotatable bonds is 0. The van der Waals surface area contributed by atoms with Gasteiger partial charge in [0.25, 0.3) is 0 Å². The van der Waals surface area contributed by atoms with Crippen molar-refractivity contribution >= 4 is 23.9 Å². The molecule has 0 spiro atoms. The second kappa shape index (κ2) is 36.0. The van der Waals surface area contributed by atoms with E-state index in [0.717, 1.165) is 0 Å². The molecule has 0 atom stereocenters. The molecular weight excluding hydrogens is 308 g/mol. The molecule has 0 aliphatic heterocycles. The van der Waals surface area contributed by atoms with Crippen LogP contribution >= 0.6 is 0 Å². The van der Waals surface area contributed by atoms with Gasteiger partial charge in [0.05, 0.1) is 0 Å². The summed E-state index contributed by atoms with van der Waals surface area (Å²) in [5.41, 5.74) is 0. The van der Waals surface area contributed by atoms with Crippen LogP contribution in [-0.2, 0) is 36.2 Å². The molecule has 0 radical (unpaired) electrons. The molecule has 0 heterocycles. The molecular formula is C8H16FeN2O8. The van der Waals surface area contributed by atoms with Gasteiger partial charge in [0.1, 0.15) is 0 Å². The number of nitrogens with two attached hydrogens (primary N) is 2. The van der Waals surface area contributed by atoms with Crippen molar-refractivity contribution in [3.05, 3.63) is 40.0 Å². The Bertz CT molecular complexity index is 171. The molecule has 0 unspecified atom stereocenters. The summed E-state index contributed by atoms with van der Waals surface area (Å²) in [6.07, 6.45) is 0. The number of aliphatic carboxylic acids is 4. The average Bonchev–Trinajstić information content (AvgIpc) is 1.76. The summed E-state index contributed by atoms with van der Waals surface area (Å²) in [5, 5.41) is 29.2. The summed E-state index contributed by atoms with van der Waals surface area (Å²) in [6.45, 7) is 10.2. The zero-order valence-corrected chi connectivity index (χ0v) is 10.9. The maximum atomic E-state index is 8.89. The van der Waals surface area contributed by atoms with Crippen molar-refractivity contribution < 1.29 is 56.7 Å². The van der Waals surface area contributed by atoms with Gasteiger partial charge in [-0.05, 0) is 0 Å². The third kappa shape index (κ3) is 621. The normalized spacial score (nSPS) is 5.05. The van der Waals surface area contributed by atoms with Gasteiger partial charge in [-0.2, -0.15) is 0 Å². The van der Waals surface area contributed by atoms with Crippen molar-refractivity contribution in [3.63, 3.8) is 0 Å². The molecule has 0 aromatic heterocycles. The Morgan fingerprint density at radius 3 is 0.526 bits per heavy atom. The van der Waals surface area contributed by atoms with Crippen LogP contribution in [0.2, 0.25) is 0 Å². The summed E-state index contributed by atoms with van der Waals surface area (Å²) in [4.78, 5) is 35.6. The summed E-state index contributed by atoms with van der Waals surface area (Å²) >= 11 is 0. The molecule has 0 aromatic carbocycles. The number of carboxylic acids is 4. The van der Waals surface area contributed by atoms with Crippen LogP contribution in [0.5, 0.6) is 0 Å². The first kappa shape index (κ1) is 43.7. The van der Waals surface area contributed by atoms with Gasteiger partial charge in [0.15, 0.2) is 23.9 Å². The average molecular weight is 324 g/mol. The van der Waals surface area contributed by atoms with Crippen molar-refractivity contribution in [1.82, 2.24) is 0 Å². The summed E-state index contributed by atoms with van der Waals surface area (Å²) in [5.74, 6) is -4.33. The van der Waals surface area contributed by atoms with E-state index in [9.17, 15) is 0 Å². The van der Waals surface area contributed by atoms with Crippen LogP contribution in [-0.4, -0.2) is 44.3 Å². The maximum absolute atomic E-state index is 8.89. The van der Waals surface area contributed by atoms with Crippen molar-refractivity contribution in [1.29, 1.82) is 0 Å². The fraction of sp³-hybridized carbons (Fsp3) is 0. The van der Waals surface area contributed by atoms with Crippen LogP contribution in [0.1, 0.15) is 0 Å². The second-order valence-electron chi connectivity index (χ2n) is 1.57. The second-order valence-corrected chi connectivity index (χ2v) is 1.57. The molecule has 0 amide bonds. The van der Waals surface area contributed by atoms with Gasteiger partial charge in [-0.15, -0.1) is 0 Å². The van der Waals surface area contributed by atoms with E-state index in [1.54, 1.807) is 0 Å². The minimum Gasteiger partial charge on any atom is -0.693 e. The Hall–Kier alpha value is -2.20. The van der Waals surface area contributed by atoms with E-state index >= 15 is 0 Å². The predicted octanol–water partition coefficient (Wildman–Crippen LogP) is 1.05. The van der Waals surface area contributed by atoms with Gasteiger partial charge >= 0.3 is 17.1 Å². The first-order chi connectivity index (χ1) is 6.93. The Kier molecular flexibility index (Phi) is 82.8. The van der Waals surface area contributed by atoms with Crippen LogP contribution in [0, 0.1) is 27.7 Å². The third-order valence-electron chi connectivity index (χ3n) is 0. The summed E-state index contributed by atoms with van der Waals surface area (Å²) < 4.78 is 0. The van der Waals surface area contributed by atoms with E-state index in [0.29, 0.717) is 0 Å². The fourth-order valence-electron chi connectivity index (χ4n) is 0. The molecule has 11 heteroatoms.